The average Bonchev–Trinajstić information content (AvgIpc) is 2.27. The molecule has 4 heteroatoms. The second-order valence-electron chi connectivity index (χ2n) is 3.70. The predicted octanol–water partition coefficient (Wildman–Crippen LogP) is 1.43. The normalized spacial score (nSPS) is 10.3. The van der Waals surface area contributed by atoms with Gasteiger partial charge in [-0.3, -0.25) is 0 Å². The number of nitrogens with zero attached hydrogens (tertiary/aromatic N) is 3. The number of anilines is 1. The van der Waals surface area contributed by atoms with Crippen molar-refractivity contribution in [3.05, 3.63) is 18.0 Å². The summed E-state index contributed by atoms with van der Waals surface area (Å²) in [6, 6.07) is 0. The van der Waals surface area contributed by atoms with Crippen molar-refractivity contribution in [2.24, 2.45) is 0 Å². The summed E-state index contributed by atoms with van der Waals surface area (Å²) >= 11 is 0. The Hall–Kier alpha value is -1.16. The summed E-state index contributed by atoms with van der Waals surface area (Å²) in [6.45, 7) is 4.02. The fourth-order valence-electron chi connectivity index (χ4n) is 1.34. The smallest absolute Gasteiger partial charge is 0.224 e. The highest BCUT2D eigenvalue weighted by Gasteiger charge is 2.02. The lowest BCUT2D eigenvalue weighted by atomic mass is 10.3. The molecule has 0 spiro atoms. The first-order valence-electron chi connectivity index (χ1n) is 5.44. The third kappa shape index (κ3) is 3.83. The van der Waals surface area contributed by atoms with E-state index in [-0.39, 0.29) is 0 Å². The number of hydrogen-bond acceptors (Lipinski definition) is 4. The van der Waals surface area contributed by atoms with Crippen LogP contribution in [-0.2, 0) is 6.54 Å². The first kappa shape index (κ1) is 11.9. The number of nitrogens with one attached hydrogen (secondary N) is 1. The van der Waals surface area contributed by atoms with Gasteiger partial charge in [0.15, 0.2) is 0 Å². The largest absolute Gasteiger partial charge is 0.344 e. The molecule has 4 nitrogen and oxygen atoms in total. The zero-order valence-electron chi connectivity index (χ0n) is 9.82. The molecule has 1 N–H and O–H groups in total. The van der Waals surface area contributed by atoms with Crippen LogP contribution in [0.3, 0.4) is 0 Å². The van der Waals surface area contributed by atoms with Gasteiger partial charge in [-0.25, -0.2) is 9.97 Å². The maximum Gasteiger partial charge on any atom is 0.224 e. The van der Waals surface area contributed by atoms with Crippen LogP contribution in [-0.4, -0.2) is 30.6 Å². The summed E-state index contributed by atoms with van der Waals surface area (Å²) in [6.07, 6.45) is 6.13. The van der Waals surface area contributed by atoms with Crippen molar-refractivity contribution in [3.63, 3.8) is 0 Å². The second-order valence-corrected chi connectivity index (χ2v) is 3.70. The molecule has 0 aliphatic carbocycles. The van der Waals surface area contributed by atoms with Crippen LogP contribution in [0.4, 0.5) is 5.95 Å². The molecule has 0 saturated carbocycles. The number of rotatable bonds is 6. The Labute approximate surface area is 91.7 Å². The zero-order valence-corrected chi connectivity index (χ0v) is 9.82. The van der Waals surface area contributed by atoms with Gasteiger partial charge in [0.05, 0.1) is 0 Å². The molecule has 0 amide bonds. The van der Waals surface area contributed by atoms with Crippen molar-refractivity contribution in [2.45, 2.75) is 26.3 Å². The summed E-state index contributed by atoms with van der Waals surface area (Å²) < 4.78 is 0. The Morgan fingerprint density at radius 1 is 1.33 bits per heavy atom. The fourth-order valence-corrected chi connectivity index (χ4v) is 1.34. The van der Waals surface area contributed by atoms with Crippen molar-refractivity contribution in [1.82, 2.24) is 15.3 Å². The Morgan fingerprint density at radius 3 is 2.53 bits per heavy atom. The van der Waals surface area contributed by atoms with E-state index in [4.69, 9.17) is 0 Å². The van der Waals surface area contributed by atoms with Crippen LogP contribution < -0.4 is 10.2 Å². The van der Waals surface area contributed by atoms with Gasteiger partial charge in [0.25, 0.3) is 0 Å². The Kier molecular flexibility index (Phi) is 5.04. The zero-order chi connectivity index (χ0) is 11.1. The summed E-state index contributed by atoms with van der Waals surface area (Å²) in [4.78, 5) is 10.7. The Morgan fingerprint density at radius 2 is 2.00 bits per heavy atom. The topological polar surface area (TPSA) is 41.1 Å². The van der Waals surface area contributed by atoms with Crippen LogP contribution in [0.1, 0.15) is 25.3 Å². The molecule has 0 bridgehead atoms. The van der Waals surface area contributed by atoms with Crippen molar-refractivity contribution in [1.29, 1.82) is 0 Å². The highest BCUT2D eigenvalue weighted by Crippen LogP contribution is 2.05. The van der Waals surface area contributed by atoms with E-state index < -0.39 is 0 Å². The van der Waals surface area contributed by atoms with Gasteiger partial charge in [0.2, 0.25) is 5.95 Å². The molecule has 0 aromatic carbocycles. The highest BCUT2D eigenvalue weighted by molar-refractivity contribution is 5.27. The molecule has 0 aliphatic rings. The summed E-state index contributed by atoms with van der Waals surface area (Å²) in [5.41, 5.74) is 1.12. The molecular formula is C11H20N4. The van der Waals surface area contributed by atoms with Crippen molar-refractivity contribution in [2.75, 3.05) is 25.5 Å². The maximum absolute atomic E-state index is 4.32. The van der Waals surface area contributed by atoms with Crippen LogP contribution in [0, 0.1) is 0 Å². The molecular weight excluding hydrogens is 188 g/mol. The van der Waals surface area contributed by atoms with E-state index >= 15 is 0 Å². The molecule has 0 fully saturated rings. The Balaban J connectivity index is 2.54. The monoisotopic (exact) mass is 208 g/mol. The minimum absolute atomic E-state index is 0.809. The first-order chi connectivity index (χ1) is 7.27. The summed E-state index contributed by atoms with van der Waals surface area (Å²) in [5, 5.41) is 3.07. The van der Waals surface area contributed by atoms with Gasteiger partial charge in [-0.15, -0.1) is 0 Å². The second kappa shape index (κ2) is 6.35. The summed E-state index contributed by atoms with van der Waals surface area (Å²) in [5.74, 6) is 0.809. The lowest BCUT2D eigenvalue weighted by Crippen LogP contribution is -2.21. The fraction of sp³-hybridized carbons (Fsp3) is 0.636. The van der Waals surface area contributed by atoms with Gasteiger partial charge in [0, 0.05) is 38.1 Å². The molecule has 1 heterocycles. The van der Waals surface area contributed by atoms with Gasteiger partial charge in [0.1, 0.15) is 0 Å². The van der Waals surface area contributed by atoms with E-state index in [0.717, 1.165) is 24.6 Å². The van der Waals surface area contributed by atoms with Gasteiger partial charge in [-0.05, 0) is 13.5 Å². The SMILES string of the molecule is CCCCN(C)c1ncc(CNC)cn1. The third-order valence-corrected chi connectivity index (χ3v) is 2.26. The minimum atomic E-state index is 0.809. The standard InChI is InChI=1S/C11H20N4/c1-4-5-6-15(3)11-13-8-10(7-12-2)9-14-11/h8-9,12H,4-7H2,1-3H3. The van der Waals surface area contributed by atoms with E-state index in [1.165, 1.54) is 12.8 Å². The van der Waals surface area contributed by atoms with Crippen LogP contribution in [0.5, 0.6) is 0 Å². The lowest BCUT2D eigenvalue weighted by molar-refractivity contribution is 0.745. The summed E-state index contributed by atoms with van der Waals surface area (Å²) in [7, 11) is 3.95. The first-order valence-corrected chi connectivity index (χ1v) is 5.44. The van der Waals surface area contributed by atoms with Crippen molar-refractivity contribution >= 4 is 5.95 Å². The molecule has 0 saturated heterocycles. The molecule has 0 unspecified atom stereocenters. The quantitative estimate of drug-likeness (QED) is 0.768. The molecule has 1 rings (SSSR count). The van der Waals surface area contributed by atoms with Crippen LogP contribution >= 0.6 is 0 Å². The van der Waals surface area contributed by atoms with E-state index in [1.54, 1.807) is 0 Å². The van der Waals surface area contributed by atoms with Crippen LogP contribution in [0.2, 0.25) is 0 Å². The van der Waals surface area contributed by atoms with Crippen molar-refractivity contribution < 1.29 is 0 Å². The molecule has 0 radical (unpaired) electrons. The van der Waals surface area contributed by atoms with Gasteiger partial charge in [-0.1, -0.05) is 13.3 Å². The number of unbranched alkanes of at least 4 members (excludes halogenated alkanes) is 1. The number of aromatic nitrogens is 2. The average molecular weight is 208 g/mol. The third-order valence-electron chi connectivity index (χ3n) is 2.26. The number of hydrogen-bond donors (Lipinski definition) is 1. The molecule has 1 aromatic rings. The van der Waals surface area contributed by atoms with E-state index in [1.807, 2.05) is 26.5 Å². The van der Waals surface area contributed by atoms with Crippen LogP contribution in [0.15, 0.2) is 12.4 Å². The molecule has 0 aliphatic heterocycles. The van der Waals surface area contributed by atoms with Gasteiger partial charge < -0.3 is 10.2 Å². The van der Waals surface area contributed by atoms with E-state index in [2.05, 4.69) is 27.1 Å². The van der Waals surface area contributed by atoms with Crippen LogP contribution in [0.25, 0.3) is 0 Å². The lowest BCUT2D eigenvalue weighted by Gasteiger charge is -2.16. The highest BCUT2D eigenvalue weighted by atomic mass is 15.2. The van der Waals surface area contributed by atoms with Gasteiger partial charge in [-0.2, -0.15) is 0 Å². The molecule has 84 valence electrons. The Bertz CT molecular complexity index is 270. The van der Waals surface area contributed by atoms with E-state index in [9.17, 15) is 0 Å². The maximum atomic E-state index is 4.32. The molecule has 1 aromatic heterocycles. The van der Waals surface area contributed by atoms with E-state index in [0.29, 0.717) is 0 Å². The molecule has 0 atom stereocenters. The van der Waals surface area contributed by atoms with Crippen molar-refractivity contribution in [3.8, 4) is 0 Å². The van der Waals surface area contributed by atoms with Gasteiger partial charge >= 0.3 is 0 Å². The minimum Gasteiger partial charge on any atom is -0.344 e. The predicted molar refractivity (Wildman–Crippen MR) is 63.0 cm³/mol. The molecule has 15 heavy (non-hydrogen) atoms.